The first-order chi connectivity index (χ1) is 16.5. The van der Waals surface area contributed by atoms with Gasteiger partial charge in [-0.3, -0.25) is 9.62 Å². The van der Waals surface area contributed by atoms with Gasteiger partial charge in [-0.25, -0.2) is 8.42 Å². The Bertz CT molecular complexity index is 1400. The zero-order valence-corrected chi connectivity index (χ0v) is 20.9. The number of sulfonamides is 1. The van der Waals surface area contributed by atoms with E-state index in [0.29, 0.717) is 5.69 Å². The number of hydrogen-bond acceptors (Lipinski definition) is 6. The summed E-state index contributed by atoms with van der Waals surface area (Å²) in [4.78, 5) is 4.86. The topological polar surface area (TPSA) is 65.5 Å². The summed E-state index contributed by atoms with van der Waals surface area (Å²) in [6.45, 7) is 4.60. The Morgan fingerprint density at radius 3 is 2.44 bits per heavy atom. The van der Waals surface area contributed by atoms with Gasteiger partial charge in [0.25, 0.3) is 10.0 Å². The number of aromatic nitrogens is 1. The highest BCUT2D eigenvalue weighted by Crippen LogP contribution is 2.30. The number of rotatable bonds is 7. The summed E-state index contributed by atoms with van der Waals surface area (Å²) < 4.78 is 34.4. The Morgan fingerprint density at radius 2 is 1.62 bits per heavy atom. The van der Waals surface area contributed by atoms with Gasteiger partial charge in [-0.2, -0.15) is 4.37 Å². The quantitative estimate of drug-likeness (QED) is 0.372. The second-order valence-electron chi connectivity index (χ2n) is 8.27. The molecule has 0 spiro atoms. The maximum atomic E-state index is 12.9. The molecule has 0 saturated carbocycles. The second-order valence-corrected chi connectivity index (χ2v) is 11.1. The van der Waals surface area contributed by atoms with E-state index < -0.39 is 10.0 Å². The molecule has 0 aliphatic carbocycles. The molecule has 0 radical (unpaired) electrons. The minimum atomic E-state index is -3.77. The normalized spacial score (nSPS) is 15.0. The van der Waals surface area contributed by atoms with Crippen LogP contribution in [0, 0.1) is 0 Å². The summed E-state index contributed by atoms with van der Waals surface area (Å²) in [5.74, 6) is 1.08. The van der Waals surface area contributed by atoms with Crippen LogP contribution in [0.25, 0.3) is 10.1 Å². The van der Waals surface area contributed by atoms with Crippen molar-refractivity contribution >= 4 is 54.7 Å². The first kappa shape index (κ1) is 23.1. The van der Waals surface area contributed by atoms with E-state index in [1.165, 1.54) is 16.2 Å². The van der Waals surface area contributed by atoms with Crippen LogP contribution in [-0.2, 0) is 16.4 Å². The van der Waals surface area contributed by atoms with Gasteiger partial charge in [0.2, 0.25) is 0 Å². The van der Waals surface area contributed by atoms with Crippen LogP contribution in [0.2, 0.25) is 5.02 Å². The molecule has 9 heteroatoms. The Hall–Kier alpha value is -2.65. The number of nitrogens with zero attached hydrogens (tertiary/aromatic N) is 3. The average molecular weight is 513 g/mol. The molecule has 4 aromatic rings. The molecule has 176 valence electrons. The first-order valence-electron chi connectivity index (χ1n) is 11.2. The minimum absolute atomic E-state index is 0.0807. The van der Waals surface area contributed by atoms with Crippen LogP contribution < -0.4 is 9.62 Å². The van der Waals surface area contributed by atoms with Crippen LogP contribution >= 0.6 is 23.1 Å². The molecule has 0 atom stereocenters. The van der Waals surface area contributed by atoms with Crippen LogP contribution in [0.15, 0.2) is 77.7 Å². The lowest BCUT2D eigenvalue weighted by molar-refractivity contribution is 0.261. The number of halogens is 1. The number of nitrogens with one attached hydrogen (secondary N) is 1. The number of piperazine rings is 1. The van der Waals surface area contributed by atoms with E-state index in [1.807, 2.05) is 18.2 Å². The van der Waals surface area contributed by atoms with Crippen molar-refractivity contribution in [3.63, 3.8) is 0 Å². The number of para-hydroxylation sites is 1. The number of benzene rings is 3. The Kier molecular flexibility index (Phi) is 6.74. The number of anilines is 2. The van der Waals surface area contributed by atoms with E-state index in [9.17, 15) is 8.42 Å². The molecule has 0 unspecified atom stereocenters. The van der Waals surface area contributed by atoms with Gasteiger partial charge < -0.3 is 4.90 Å². The fourth-order valence-corrected chi connectivity index (χ4v) is 6.68. The average Bonchev–Trinajstić information content (AvgIpc) is 3.28. The molecule has 1 aromatic heterocycles. The van der Waals surface area contributed by atoms with E-state index in [2.05, 4.69) is 43.2 Å². The molecule has 6 nitrogen and oxygen atoms in total. The van der Waals surface area contributed by atoms with E-state index in [0.717, 1.165) is 50.5 Å². The first-order valence-corrected chi connectivity index (χ1v) is 13.8. The van der Waals surface area contributed by atoms with Gasteiger partial charge in [-0.15, -0.1) is 0 Å². The molecular weight excluding hydrogens is 488 g/mol. The van der Waals surface area contributed by atoms with Crippen LogP contribution in [0.3, 0.4) is 0 Å². The Morgan fingerprint density at radius 1 is 0.912 bits per heavy atom. The molecule has 2 heterocycles. The van der Waals surface area contributed by atoms with E-state index in [1.54, 1.807) is 35.8 Å². The van der Waals surface area contributed by atoms with E-state index in [-0.39, 0.29) is 9.92 Å². The summed E-state index contributed by atoms with van der Waals surface area (Å²) in [5, 5.41) is 1.43. The van der Waals surface area contributed by atoms with E-state index >= 15 is 0 Å². The highest BCUT2D eigenvalue weighted by atomic mass is 35.5. The fourth-order valence-electron chi connectivity index (χ4n) is 4.26. The summed E-state index contributed by atoms with van der Waals surface area (Å²) in [5.41, 5.74) is 1.56. The maximum absolute atomic E-state index is 12.9. The molecular formula is C25H25ClN4O2S2. The van der Waals surface area contributed by atoms with Crippen molar-refractivity contribution in [2.24, 2.45) is 0 Å². The van der Waals surface area contributed by atoms with Gasteiger partial charge in [-0.05, 0) is 53.8 Å². The summed E-state index contributed by atoms with van der Waals surface area (Å²) in [6, 6.07) is 22.4. The maximum Gasteiger partial charge on any atom is 0.263 e. The lowest BCUT2D eigenvalue weighted by Gasteiger charge is -2.35. The molecule has 1 fully saturated rings. The second kappa shape index (κ2) is 9.92. The highest BCUT2D eigenvalue weighted by molar-refractivity contribution is 7.92. The third-order valence-corrected chi connectivity index (χ3v) is 8.80. The van der Waals surface area contributed by atoms with Crippen molar-refractivity contribution in [2.75, 3.05) is 42.3 Å². The van der Waals surface area contributed by atoms with Crippen LogP contribution in [0.1, 0.15) is 5.56 Å². The van der Waals surface area contributed by atoms with Crippen molar-refractivity contribution in [1.82, 2.24) is 9.27 Å². The third-order valence-electron chi connectivity index (χ3n) is 6.12. The molecule has 3 aromatic carbocycles. The lowest BCUT2D eigenvalue weighted by Crippen LogP contribution is -2.47. The SMILES string of the molecule is O=S(=O)(Nc1ccccc1CCN1CCN(c2nsc3ccccc23)CC1)c1ccccc1Cl. The van der Waals surface area contributed by atoms with Gasteiger partial charge in [0.1, 0.15) is 10.7 Å². The summed E-state index contributed by atoms with van der Waals surface area (Å²) in [6.07, 6.45) is 0.751. The fraction of sp³-hybridized carbons (Fsp3) is 0.240. The Balaban J connectivity index is 1.22. The highest BCUT2D eigenvalue weighted by Gasteiger charge is 2.22. The van der Waals surface area contributed by atoms with E-state index in [4.69, 9.17) is 11.6 Å². The van der Waals surface area contributed by atoms with Crippen LogP contribution in [0.4, 0.5) is 11.5 Å². The molecule has 34 heavy (non-hydrogen) atoms. The molecule has 5 rings (SSSR count). The largest absolute Gasteiger partial charge is 0.353 e. The van der Waals surface area contributed by atoms with Gasteiger partial charge in [0.15, 0.2) is 0 Å². The molecule has 1 aliphatic rings. The predicted octanol–water partition coefficient (Wildman–Crippen LogP) is 5.12. The zero-order valence-electron chi connectivity index (χ0n) is 18.5. The molecule has 1 saturated heterocycles. The molecule has 0 bridgehead atoms. The van der Waals surface area contributed by atoms with Crippen molar-refractivity contribution in [1.29, 1.82) is 0 Å². The van der Waals surface area contributed by atoms with Gasteiger partial charge >= 0.3 is 0 Å². The lowest BCUT2D eigenvalue weighted by atomic mass is 10.1. The molecule has 1 aliphatic heterocycles. The smallest absolute Gasteiger partial charge is 0.263 e. The van der Waals surface area contributed by atoms with Crippen molar-refractivity contribution in [3.8, 4) is 0 Å². The minimum Gasteiger partial charge on any atom is -0.353 e. The monoisotopic (exact) mass is 512 g/mol. The van der Waals surface area contributed by atoms with Crippen LogP contribution in [0.5, 0.6) is 0 Å². The molecule has 1 N–H and O–H groups in total. The number of fused-ring (bicyclic) bond motifs is 1. The van der Waals surface area contributed by atoms with Crippen molar-refractivity contribution in [2.45, 2.75) is 11.3 Å². The van der Waals surface area contributed by atoms with Gasteiger partial charge in [0.05, 0.1) is 15.4 Å². The Labute approximate surface area is 209 Å². The predicted molar refractivity (Wildman–Crippen MR) is 141 cm³/mol. The third kappa shape index (κ3) is 4.90. The zero-order chi connectivity index (χ0) is 23.5. The summed E-state index contributed by atoms with van der Waals surface area (Å²) >= 11 is 7.68. The summed E-state index contributed by atoms with van der Waals surface area (Å²) in [7, 11) is -3.77. The van der Waals surface area contributed by atoms with Crippen molar-refractivity contribution in [3.05, 3.63) is 83.4 Å². The van der Waals surface area contributed by atoms with Gasteiger partial charge in [0, 0.05) is 38.1 Å². The molecule has 0 amide bonds. The van der Waals surface area contributed by atoms with Gasteiger partial charge in [-0.1, -0.05) is 54.1 Å². The van der Waals surface area contributed by atoms with Crippen molar-refractivity contribution < 1.29 is 8.42 Å². The standard InChI is InChI=1S/C25H25ClN4O2S2/c26-21-9-3-6-12-24(21)34(31,32)28-22-10-4-1-7-19(22)13-14-29-15-17-30(18-16-29)25-20-8-2-5-11-23(20)33-27-25/h1-12,28H,13-18H2. The number of hydrogen-bond donors (Lipinski definition) is 1. The van der Waals surface area contributed by atoms with Crippen LogP contribution in [-0.4, -0.2) is 50.4 Å².